The average Bonchev–Trinajstić information content (AvgIpc) is 2.94. The average molecular weight is 247 g/mol. The molecule has 1 nitrogen and oxygen atoms in total. The molecule has 0 atom stereocenters. The summed E-state index contributed by atoms with van der Waals surface area (Å²) in [6, 6.07) is 0. The molecule has 0 radical (unpaired) electrons. The van der Waals surface area contributed by atoms with E-state index >= 15 is 0 Å². The zero-order valence-corrected chi connectivity index (χ0v) is 9.81. The Kier molecular flexibility index (Phi) is 3.31. The van der Waals surface area contributed by atoms with Crippen LogP contribution in [0.5, 0.6) is 0 Å². The highest BCUT2D eigenvalue weighted by Gasteiger charge is 2.37. The molecule has 0 N–H and O–H groups in total. The number of hydrogen-bond acceptors (Lipinski definition) is 1. The Labute approximate surface area is 89.4 Å². The molecule has 2 saturated carbocycles. The molecule has 0 heterocycles. The third-order valence-corrected chi connectivity index (χ3v) is 4.22. The summed E-state index contributed by atoms with van der Waals surface area (Å²) in [5.41, 5.74) is 0.206. The van der Waals surface area contributed by atoms with Crippen LogP contribution in [0.1, 0.15) is 51.4 Å². The molecule has 0 unspecified atom stereocenters. The molecule has 0 aromatic carbocycles. The van der Waals surface area contributed by atoms with E-state index in [2.05, 4.69) is 15.9 Å². The van der Waals surface area contributed by atoms with Crippen molar-refractivity contribution >= 4 is 15.9 Å². The van der Waals surface area contributed by atoms with Gasteiger partial charge in [-0.2, -0.15) is 0 Å². The van der Waals surface area contributed by atoms with E-state index in [-0.39, 0.29) is 5.60 Å². The smallest absolute Gasteiger partial charge is 0.0782 e. The van der Waals surface area contributed by atoms with E-state index in [1.807, 2.05) is 0 Å². The number of ether oxygens (including phenoxy) is 1. The summed E-state index contributed by atoms with van der Waals surface area (Å²) in [4.78, 5) is 0. The van der Waals surface area contributed by atoms with Gasteiger partial charge in [0.05, 0.1) is 11.7 Å². The van der Waals surface area contributed by atoms with Gasteiger partial charge in [0.1, 0.15) is 0 Å². The van der Waals surface area contributed by atoms with Gasteiger partial charge in [0, 0.05) is 5.33 Å². The number of rotatable bonds is 3. The second kappa shape index (κ2) is 4.31. The minimum atomic E-state index is 0.206. The number of hydrogen-bond donors (Lipinski definition) is 0. The molecule has 2 heteroatoms. The molecular weight excluding hydrogens is 228 g/mol. The molecule has 2 aliphatic rings. The van der Waals surface area contributed by atoms with E-state index < -0.39 is 0 Å². The molecule has 0 aromatic rings. The van der Waals surface area contributed by atoms with Gasteiger partial charge in [-0.05, 0) is 25.7 Å². The maximum Gasteiger partial charge on any atom is 0.0782 e. The van der Waals surface area contributed by atoms with Gasteiger partial charge in [-0.1, -0.05) is 41.6 Å². The highest BCUT2D eigenvalue weighted by Crippen LogP contribution is 2.38. The molecule has 0 saturated heterocycles. The van der Waals surface area contributed by atoms with Crippen LogP contribution in [0, 0.1) is 0 Å². The molecule has 0 bridgehead atoms. The second-order valence-corrected chi connectivity index (χ2v) is 5.11. The Bertz CT molecular complexity index is 157. The van der Waals surface area contributed by atoms with Gasteiger partial charge in [-0.15, -0.1) is 0 Å². The summed E-state index contributed by atoms with van der Waals surface area (Å²) >= 11 is 3.63. The topological polar surface area (TPSA) is 9.23 Å². The fourth-order valence-electron chi connectivity index (χ4n) is 2.20. The first kappa shape index (κ1) is 9.97. The number of alkyl halides is 1. The monoisotopic (exact) mass is 246 g/mol. The van der Waals surface area contributed by atoms with Crippen molar-refractivity contribution in [2.45, 2.75) is 63.1 Å². The van der Waals surface area contributed by atoms with Crippen LogP contribution in [-0.2, 0) is 4.74 Å². The van der Waals surface area contributed by atoms with Gasteiger partial charge in [-0.3, -0.25) is 0 Å². The zero-order chi connectivity index (χ0) is 9.15. The first-order valence-electron chi connectivity index (χ1n) is 5.58. The standard InChI is InChI=1S/C11H19BrO/c12-9-11(13-10-5-6-10)7-3-1-2-4-8-11/h10H,1-9H2. The molecule has 2 rings (SSSR count). The Morgan fingerprint density at radius 3 is 2.15 bits per heavy atom. The molecule has 0 amide bonds. The second-order valence-electron chi connectivity index (χ2n) is 4.55. The van der Waals surface area contributed by atoms with Crippen LogP contribution < -0.4 is 0 Å². The van der Waals surface area contributed by atoms with Gasteiger partial charge in [0.2, 0.25) is 0 Å². The van der Waals surface area contributed by atoms with Gasteiger partial charge >= 0.3 is 0 Å². The van der Waals surface area contributed by atoms with Crippen molar-refractivity contribution in [3.05, 3.63) is 0 Å². The SMILES string of the molecule is BrCC1(OC2CC2)CCCCCC1. The van der Waals surface area contributed by atoms with Crippen LogP contribution in [0.4, 0.5) is 0 Å². The van der Waals surface area contributed by atoms with Gasteiger partial charge in [0.15, 0.2) is 0 Å². The molecule has 0 spiro atoms. The molecule has 2 aliphatic carbocycles. The lowest BCUT2D eigenvalue weighted by atomic mass is 9.97. The summed E-state index contributed by atoms with van der Waals surface area (Å²) in [7, 11) is 0. The van der Waals surface area contributed by atoms with Crippen molar-refractivity contribution < 1.29 is 4.74 Å². The summed E-state index contributed by atoms with van der Waals surface area (Å²) in [6.07, 6.45) is 11.3. The fourth-order valence-corrected chi connectivity index (χ4v) is 2.89. The maximum atomic E-state index is 6.17. The predicted molar refractivity (Wildman–Crippen MR) is 58.3 cm³/mol. The van der Waals surface area contributed by atoms with Crippen LogP contribution in [0.3, 0.4) is 0 Å². The van der Waals surface area contributed by atoms with Gasteiger partial charge in [-0.25, -0.2) is 0 Å². The summed E-state index contributed by atoms with van der Waals surface area (Å²) in [5, 5.41) is 1.04. The fraction of sp³-hybridized carbons (Fsp3) is 1.00. The van der Waals surface area contributed by atoms with Gasteiger partial charge < -0.3 is 4.74 Å². The Hall–Kier alpha value is 0.440. The Morgan fingerprint density at radius 2 is 1.69 bits per heavy atom. The highest BCUT2D eigenvalue weighted by molar-refractivity contribution is 9.09. The lowest BCUT2D eigenvalue weighted by Crippen LogP contribution is -2.34. The van der Waals surface area contributed by atoms with Crippen LogP contribution in [0.25, 0.3) is 0 Å². The van der Waals surface area contributed by atoms with E-state index in [1.54, 1.807) is 0 Å². The van der Waals surface area contributed by atoms with Crippen LogP contribution in [0.15, 0.2) is 0 Å². The molecule has 76 valence electrons. The van der Waals surface area contributed by atoms with Crippen molar-refractivity contribution in [3.63, 3.8) is 0 Å². The van der Waals surface area contributed by atoms with Crippen molar-refractivity contribution in [3.8, 4) is 0 Å². The normalized spacial score (nSPS) is 28.4. The first-order valence-corrected chi connectivity index (χ1v) is 6.71. The summed E-state index contributed by atoms with van der Waals surface area (Å²) < 4.78 is 6.17. The number of halogens is 1. The van der Waals surface area contributed by atoms with Crippen molar-refractivity contribution in [1.82, 2.24) is 0 Å². The molecule has 2 fully saturated rings. The first-order chi connectivity index (χ1) is 6.35. The third-order valence-electron chi connectivity index (χ3n) is 3.20. The largest absolute Gasteiger partial charge is 0.371 e. The van der Waals surface area contributed by atoms with E-state index in [0.717, 1.165) is 5.33 Å². The van der Waals surface area contributed by atoms with Crippen LogP contribution >= 0.6 is 15.9 Å². The molecule has 0 aliphatic heterocycles. The van der Waals surface area contributed by atoms with Crippen molar-refractivity contribution in [2.24, 2.45) is 0 Å². The van der Waals surface area contributed by atoms with Crippen LogP contribution in [-0.4, -0.2) is 17.0 Å². The maximum absolute atomic E-state index is 6.17. The predicted octanol–water partition coefficient (Wildman–Crippen LogP) is 3.65. The minimum absolute atomic E-state index is 0.206. The van der Waals surface area contributed by atoms with Crippen molar-refractivity contribution in [1.29, 1.82) is 0 Å². The van der Waals surface area contributed by atoms with E-state index in [4.69, 9.17) is 4.74 Å². The molecule has 13 heavy (non-hydrogen) atoms. The Morgan fingerprint density at radius 1 is 1.08 bits per heavy atom. The zero-order valence-electron chi connectivity index (χ0n) is 8.23. The lowest BCUT2D eigenvalue weighted by Gasteiger charge is -2.31. The molecular formula is C11H19BrO. The Balaban J connectivity index is 1.92. The lowest BCUT2D eigenvalue weighted by molar-refractivity contribution is -0.0485. The molecule has 0 aromatic heterocycles. The summed E-state index contributed by atoms with van der Waals surface area (Å²) in [5.74, 6) is 0. The van der Waals surface area contributed by atoms with E-state index in [1.165, 1.54) is 51.4 Å². The van der Waals surface area contributed by atoms with E-state index in [9.17, 15) is 0 Å². The van der Waals surface area contributed by atoms with Gasteiger partial charge in [0.25, 0.3) is 0 Å². The van der Waals surface area contributed by atoms with Crippen LogP contribution in [0.2, 0.25) is 0 Å². The van der Waals surface area contributed by atoms with Crippen molar-refractivity contribution in [2.75, 3.05) is 5.33 Å². The minimum Gasteiger partial charge on any atom is -0.371 e. The third kappa shape index (κ3) is 2.69. The van der Waals surface area contributed by atoms with E-state index in [0.29, 0.717) is 6.10 Å². The quantitative estimate of drug-likeness (QED) is 0.546. The summed E-state index contributed by atoms with van der Waals surface area (Å²) in [6.45, 7) is 0. The highest BCUT2D eigenvalue weighted by atomic mass is 79.9.